The summed E-state index contributed by atoms with van der Waals surface area (Å²) in [5, 5.41) is 15.0. The van der Waals surface area contributed by atoms with Gasteiger partial charge >= 0.3 is 6.25 Å². The second-order valence-electron chi connectivity index (χ2n) is 5.36. The van der Waals surface area contributed by atoms with Crippen molar-refractivity contribution in [2.24, 2.45) is 28.7 Å². The van der Waals surface area contributed by atoms with Gasteiger partial charge in [0.25, 0.3) is 8.96 Å². The van der Waals surface area contributed by atoms with Crippen molar-refractivity contribution >= 4 is 173 Å². The molecule has 0 aliphatic carbocycles. The average molecular weight is 1410 g/mol. The predicted octanol–water partition coefficient (Wildman–Crippen LogP) is 1.47. The van der Waals surface area contributed by atoms with Crippen LogP contribution in [0.3, 0.4) is 0 Å². The van der Waals surface area contributed by atoms with Crippen LogP contribution in [0.15, 0.2) is 0 Å². The van der Waals surface area contributed by atoms with Crippen LogP contribution in [0.25, 0.3) is 0 Å². The van der Waals surface area contributed by atoms with Gasteiger partial charge in [-0.25, -0.2) is 0 Å². The number of nitrogens with one attached hydrogen (secondary N) is 3. The Labute approximate surface area is 385 Å². The number of nitrogens with two attached hydrogens (primary N) is 5. The SMILES string of the molecule is C.CC(=O)NCCN.CC(=O)NCCNC(C)=O.CC(=O)O.CN.CN.COC(C)=O.IB(I)I.I[B]I.NCCN.[B]I.[V].[V]. The van der Waals surface area contributed by atoms with Gasteiger partial charge in [-0.3, -0.25) is 24.0 Å². The molecule has 3 amide bonds. The van der Waals surface area contributed by atoms with Crippen LogP contribution < -0.4 is 44.6 Å². The van der Waals surface area contributed by atoms with Crippen LogP contribution in [0.2, 0.25) is 0 Å². The average Bonchev–Trinajstić information content (AvgIpc) is 2.93. The molecule has 0 spiro atoms. The van der Waals surface area contributed by atoms with E-state index in [1.54, 1.807) is 22.4 Å². The zero-order valence-electron chi connectivity index (χ0n) is 26.9. The smallest absolute Gasteiger partial charge is 0.355 e. The van der Waals surface area contributed by atoms with E-state index in [-0.39, 0.29) is 68.2 Å². The van der Waals surface area contributed by atoms with E-state index in [0.29, 0.717) is 39.3 Å². The third-order valence-corrected chi connectivity index (χ3v) is 1.85. The number of hydrogen-bond donors (Lipinski definition) is 9. The minimum Gasteiger partial charge on any atom is -0.481 e. The van der Waals surface area contributed by atoms with Gasteiger partial charge in [0.15, 0.2) is 5.70 Å². The van der Waals surface area contributed by atoms with E-state index in [2.05, 4.69) is 150 Å². The van der Waals surface area contributed by atoms with Gasteiger partial charge in [-0.1, -0.05) is 7.43 Å². The van der Waals surface area contributed by atoms with E-state index in [4.69, 9.17) is 27.1 Å². The first kappa shape index (κ1) is 87.1. The van der Waals surface area contributed by atoms with Gasteiger partial charge < -0.3 is 54.5 Å². The number of carbonyl (C=O) groups is 5. The molecule has 0 aromatic heterocycles. The summed E-state index contributed by atoms with van der Waals surface area (Å²) < 4.78 is 6.79. The molecular weight excluding hydrogens is 1360 g/mol. The monoisotopic (exact) mass is 1410 g/mol. The topological polar surface area (TPSA) is 281 Å². The van der Waals surface area contributed by atoms with Crippen molar-refractivity contribution in [3.63, 3.8) is 0 Å². The molecule has 26 heteroatoms. The summed E-state index contributed by atoms with van der Waals surface area (Å²) >= 11 is 12.9. The molecule has 0 aromatic rings. The van der Waals surface area contributed by atoms with Gasteiger partial charge in [-0.15, -0.1) is 112 Å². The van der Waals surface area contributed by atoms with Crippen molar-refractivity contribution in [1.29, 1.82) is 0 Å². The number of methoxy groups -OCH3 is 1. The summed E-state index contributed by atoms with van der Waals surface area (Å²) in [5.74, 6) is -1.26. The van der Waals surface area contributed by atoms with Gasteiger partial charge in [0, 0.05) is 111 Å². The first-order valence-electron chi connectivity index (χ1n) is 11.4. The summed E-state index contributed by atoms with van der Waals surface area (Å²) in [6, 6.07) is 0. The molecule has 0 unspecified atom stereocenters. The molecule has 46 heavy (non-hydrogen) atoms. The molecule has 0 heterocycles. The minimum absolute atomic E-state index is 0. The number of hydrogen-bond acceptors (Lipinski definition) is 11. The Morgan fingerprint density at radius 3 is 0.913 bits per heavy atom. The van der Waals surface area contributed by atoms with Crippen LogP contribution in [-0.2, 0) is 65.8 Å². The summed E-state index contributed by atoms with van der Waals surface area (Å²) in [6.45, 7) is 10.1. The molecule has 0 saturated heterocycles. The number of carboxylic acids is 1. The Kier molecular flexibility index (Phi) is 196. The van der Waals surface area contributed by atoms with E-state index in [9.17, 15) is 19.2 Å². The van der Waals surface area contributed by atoms with E-state index >= 15 is 0 Å². The Bertz CT molecular complexity index is 535. The van der Waals surface area contributed by atoms with Gasteiger partial charge in [0.1, 0.15) is 0 Å². The van der Waals surface area contributed by atoms with E-state index < -0.39 is 5.97 Å². The van der Waals surface area contributed by atoms with Crippen LogP contribution in [-0.4, -0.2) is 104 Å². The fraction of sp³-hybridized carbons (Fsp3) is 0.750. The van der Waals surface area contributed by atoms with Crippen molar-refractivity contribution in [3.05, 3.63) is 0 Å². The second kappa shape index (κ2) is 104. The van der Waals surface area contributed by atoms with Crippen LogP contribution in [0.5, 0.6) is 0 Å². The molecule has 0 bridgehead atoms. The maximum Gasteiger partial charge on any atom is 0.355 e. The largest absolute Gasteiger partial charge is 0.481 e. The van der Waals surface area contributed by atoms with Gasteiger partial charge in [0.2, 0.25) is 17.7 Å². The minimum atomic E-state index is -0.833. The second-order valence-corrected chi connectivity index (χ2v) is 19.9. The molecule has 0 aliphatic heterocycles. The summed E-state index contributed by atoms with van der Waals surface area (Å²) in [7, 11) is 4.35. The number of carbonyl (C=O) groups excluding carboxylic acids is 4. The molecule has 277 valence electrons. The quantitative estimate of drug-likeness (QED) is 0.0792. The maximum atomic E-state index is 10.3. The molecule has 15 nitrogen and oxygen atoms in total. The Hall–Kier alpha value is 2.89. The fourth-order valence-electron chi connectivity index (χ4n) is 0.725. The molecule has 0 rings (SSSR count). The first-order valence-corrected chi connectivity index (χ1v) is 18.8. The Balaban J connectivity index is -0.0000000249. The number of esters is 1. The number of ether oxygens (including phenoxy) is 1. The Morgan fingerprint density at radius 2 is 0.848 bits per heavy atom. The predicted molar refractivity (Wildman–Crippen MR) is 243 cm³/mol. The first-order chi connectivity index (χ1) is 20.0. The number of amides is 3. The van der Waals surface area contributed by atoms with Crippen LogP contribution in [0, 0.1) is 0 Å². The molecule has 5 radical (unpaired) electrons. The van der Waals surface area contributed by atoms with Crippen molar-refractivity contribution < 1.29 is 70.9 Å². The van der Waals surface area contributed by atoms with Crippen LogP contribution >= 0.6 is 134 Å². The maximum absolute atomic E-state index is 10.3. The zero-order valence-corrected chi connectivity index (χ0v) is 42.7. The number of rotatable bonds is 6. The summed E-state index contributed by atoms with van der Waals surface area (Å²) in [5.41, 5.74) is 28.3. The van der Waals surface area contributed by atoms with Gasteiger partial charge in [-0.2, -0.15) is 22.4 Å². The Morgan fingerprint density at radius 1 is 0.696 bits per heavy atom. The normalized spacial score (nSPS) is 6.33. The molecule has 0 saturated carbocycles. The van der Waals surface area contributed by atoms with Crippen molar-refractivity contribution in [3.8, 4) is 0 Å². The molecule has 14 N–H and O–H groups in total. The fourth-order valence-corrected chi connectivity index (χ4v) is 0.725. The number of halogens is 6. The van der Waals surface area contributed by atoms with Gasteiger partial charge in [-0.05, 0) is 14.1 Å². The summed E-state index contributed by atoms with van der Waals surface area (Å²) in [6.07, 6.45) is 0. The van der Waals surface area contributed by atoms with E-state index in [1.165, 1.54) is 48.9 Å². The third-order valence-electron chi connectivity index (χ3n) is 1.85. The molecule has 0 aromatic carbocycles. The molecular formula is C20H54B3I6N8O7V2. The van der Waals surface area contributed by atoms with Crippen LogP contribution in [0.1, 0.15) is 42.0 Å². The standard InChI is InChI=1S/C6H12N2O2.C4H10N2O.C3H6O2.C2H8N2.C2H4O2.2CH5N.CH4.BI3.BI2.BI.2V/c1-5(9)7-3-4-8-6(2)10;1-4(7)6-3-2-5;1-3(4)5-2;3-1-2-4;1-2(3)4;2*1-2;;2-1(3)4;2-1-3;1-2;;/h3-4H2,1-2H3,(H,7,9)(H,8,10);2-3,5H2,1H3,(H,6,7);1-2H3;1-4H2;1H3,(H,3,4);2*2H2,1H3;1H4;;;;;. The molecule has 0 aliphatic rings. The van der Waals surface area contributed by atoms with E-state index in [0.717, 1.165) is 7.21 Å². The van der Waals surface area contributed by atoms with E-state index in [1.807, 2.05) is 2.99 Å². The zero-order chi connectivity index (χ0) is 37.2. The molecule has 0 fully saturated rings. The number of carboxylic acid groups (broad SMARTS) is 1. The van der Waals surface area contributed by atoms with Gasteiger partial charge in [0.05, 0.1) is 7.11 Å². The summed E-state index contributed by atoms with van der Waals surface area (Å²) in [4.78, 5) is 49.2. The van der Waals surface area contributed by atoms with Crippen molar-refractivity contribution in [1.82, 2.24) is 16.0 Å². The van der Waals surface area contributed by atoms with Crippen molar-refractivity contribution in [2.45, 2.75) is 42.0 Å². The molecule has 0 atom stereocenters. The van der Waals surface area contributed by atoms with Crippen LogP contribution in [0.4, 0.5) is 0 Å². The third kappa shape index (κ3) is 346. The van der Waals surface area contributed by atoms with Crippen molar-refractivity contribution in [2.75, 3.05) is 60.5 Å². The number of aliphatic carboxylic acids is 1.